The summed E-state index contributed by atoms with van der Waals surface area (Å²) in [5.74, 6) is 0.832. The van der Waals surface area contributed by atoms with E-state index >= 15 is 0 Å². The smallest absolute Gasteiger partial charge is 0.160 e. The highest BCUT2D eigenvalue weighted by Gasteiger charge is 2.14. The molecule has 0 saturated carbocycles. The van der Waals surface area contributed by atoms with E-state index in [1.807, 2.05) is 42.5 Å². The van der Waals surface area contributed by atoms with Crippen molar-refractivity contribution in [1.82, 2.24) is 9.97 Å². The van der Waals surface area contributed by atoms with E-state index in [0.717, 1.165) is 54.4 Å². The van der Waals surface area contributed by atoms with Gasteiger partial charge in [0, 0.05) is 17.5 Å². The van der Waals surface area contributed by atoms with Crippen molar-refractivity contribution in [3.05, 3.63) is 72.6 Å². The zero-order chi connectivity index (χ0) is 17.6. The fraction of sp³-hybridized carbons (Fsp3) is 0.227. The van der Waals surface area contributed by atoms with Crippen LogP contribution in [0, 0.1) is 0 Å². The van der Waals surface area contributed by atoms with Crippen LogP contribution >= 0.6 is 0 Å². The molecular weight excluding hydrogens is 324 g/mol. The predicted octanol–water partition coefficient (Wildman–Crippen LogP) is 4.91. The van der Waals surface area contributed by atoms with Crippen LogP contribution < -0.4 is 0 Å². The molecule has 1 aromatic heterocycles. The number of benzene rings is 2. The number of hydrogen-bond donors (Lipinski definition) is 1. The Morgan fingerprint density at radius 1 is 0.923 bits per heavy atom. The molecule has 1 saturated heterocycles. The molecule has 0 radical (unpaired) electrons. The van der Waals surface area contributed by atoms with Gasteiger partial charge in [-0.15, -0.1) is 0 Å². The first-order valence-electron chi connectivity index (χ1n) is 9.01. The Kier molecular flexibility index (Phi) is 5.24. The molecule has 1 N–H and O–H groups in total. The maximum absolute atomic E-state index is 5.58. The molecule has 0 spiro atoms. The molecule has 0 atom stereocenters. The molecule has 26 heavy (non-hydrogen) atoms. The van der Waals surface area contributed by atoms with Gasteiger partial charge in [-0.25, -0.2) is 4.98 Å². The SMILES string of the molecule is C(=Cc1nc(-c2ccccc2)c(-c2ccccc2)[nH]1)CC1OCCCO1. The number of imidazole rings is 1. The van der Waals surface area contributed by atoms with Gasteiger partial charge in [-0.05, 0) is 12.5 Å². The molecule has 0 bridgehead atoms. The average molecular weight is 346 g/mol. The number of hydrogen-bond acceptors (Lipinski definition) is 3. The third kappa shape index (κ3) is 3.93. The lowest BCUT2D eigenvalue weighted by Crippen LogP contribution is -2.23. The molecule has 2 heterocycles. The summed E-state index contributed by atoms with van der Waals surface area (Å²) in [5.41, 5.74) is 4.21. The van der Waals surface area contributed by atoms with Crippen LogP contribution in [0.1, 0.15) is 18.7 Å². The van der Waals surface area contributed by atoms with E-state index < -0.39 is 0 Å². The van der Waals surface area contributed by atoms with Crippen molar-refractivity contribution in [2.24, 2.45) is 0 Å². The van der Waals surface area contributed by atoms with Crippen molar-refractivity contribution in [3.8, 4) is 22.5 Å². The van der Waals surface area contributed by atoms with Crippen LogP contribution in [0.25, 0.3) is 28.6 Å². The van der Waals surface area contributed by atoms with Gasteiger partial charge in [0.05, 0.1) is 24.6 Å². The van der Waals surface area contributed by atoms with Gasteiger partial charge < -0.3 is 14.5 Å². The molecule has 1 fully saturated rings. The van der Waals surface area contributed by atoms with Crippen LogP contribution in [0.4, 0.5) is 0 Å². The third-order valence-electron chi connectivity index (χ3n) is 4.33. The maximum Gasteiger partial charge on any atom is 0.160 e. The van der Waals surface area contributed by atoms with Crippen LogP contribution in [-0.2, 0) is 9.47 Å². The van der Waals surface area contributed by atoms with Crippen LogP contribution in [0.3, 0.4) is 0 Å². The molecule has 1 aliphatic heterocycles. The number of ether oxygens (including phenoxy) is 2. The largest absolute Gasteiger partial charge is 0.352 e. The zero-order valence-corrected chi connectivity index (χ0v) is 14.6. The van der Waals surface area contributed by atoms with E-state index in [4.69, 9.17) is 14.5 Å². The maximum atomic E-state index is 5.58. The standard InChI is InChI=1S/C22H22N2O2/c1-3-9-17(10-4-1)21-22(18-11-5-2-6-12-18)24-19(23-21)13-7-14-20-25-15-8-16-26-20/h1-7,9-13,20H,8,14-16H2,(H,23,24). The zero-order valence-electron chi connectivity index (χ0n) is 14.6. The Balaban J connectivity index is 1.61. The second-order valence-corrected chi connectivity index (χ2v) is 6.24. The molecule has 3 aromatic rings. The first-order chi connectivity index (χ1) is 12.9. The first-order valence-corrected chi connectivity index (χ1v) is 9.01. The predicted molar refractivity (Wildman–Crippen MR) is 103 cm³/mol. The number of rotatable bonds is 5. The Morgan fingerprint density at radius 2 is 1.58 bits per heavy atom. The minimum absolute atomic E-state index is 0.142. The monoisotopic (exact) mass is 346 g/mol. The van der Waals surface area contributed by atoms with Gasteiger partial charge >= 0.3 is 0 Å². The molecular formula is C22H22N2O2. The summed E-state index contributed by atoms with van der Waals surface area (Å²) in [6.07, 6.45) is 5.61. The highest BCUT2D eigenvalue weighted by molar-refractivity contribution is 5.79. The normalized spacial score (nSPS) is 15.5. The molecule has 2 aromatic carbocycles. The summed E-state index contributed by atoms with van der Waals surface area (Å²) in [4.78, 5) is 8.27. The quantitative estimate of drug-likeness (QED) is 0.714. The van der Waals surface area contributed by atoms with E-state index in [1.165, 1.54) is 0 Å². The number of aromatic amines is 1. The number of H-pyrrole nitrogens is 1. The van der Waals surface area contributed by atoms with Crippen LogP contribution in [0.15, 0.2) is 66.7 Å². The van der Waals surface area contributed by atoms with Gasteiger partial charge in [0.15, 0.2) is 6.29 Å². The first kappa shape index (κ1) is 16.8. The number of aromatic nitrogens is 2. The van der Waals surface area contributed by atoms with Crippen LogP contribution in [0.2, 0.25) is 0 Å². The number of nitrogens with zero attached hydrogens (tertiary/aromatic N) is 1. The molecule has 4 rings (SSSR count). The van der Waals surface area contributed by atoms with E-state index in [9.17, 15) is 0 Å². The topological polar surface area (TPSA) is 47.1 Å². The molecule has 4 nitrogen and oxygen atoms in total. The van der Waals surface area contributed by atoms with Gasteiger partial charge in [-0.1, -0.05) is 66.7 Å². The lowest BCUT2D eigenvalue weighted by molar-refractivity contribution is -0.175. The third-order valence-corrected chi connectivity index (χ3v) is 4.33. The minimum atomic E-state index is -0.142. The van der Waals surface area contributed by atoms with Gasteiger partial charge in [0.25, 0.3) is 0 Å². The summed E-state index contributed by atoms with van der Waals surface area (Å²) in [5, 5.41) is 0. The van der Waals surface area contributed by atoms with Crippen LogP contribution in [-0.4, -0.2) is 29.5 Å². The average Bonchev–Trinajstić information content (AvgIpc) is 3.14. The van der Waals surface area contributed by atoms with Crippen molar-refractivity contribution in [2.45, 2.75) is 19.1 Å². The highest BCUT2D eigenvalue weighted by Crippen LogP contribution is 2.30. The molecule has 0 aliphatic carbocycles. The van der Waals surface area contributed by atoms with Gasteiger partial charge in [0.2, 0.25) is 0 Å². The van der Waals surface area contributed by atoms with Gasteiger partial charge in [-0.3, -0.25) is 0 Å². The van der Waals surface area contributed by atoms with Crippen molar-refractivity contribution in [1.29, 1.82) is 0 Å². The Morgan fingerprint density at radius 3 is 2.27 bits per heavy atom. The van der Waals surface area contributed by atoms with E-state index in [-0.39, 0.29) is 6.29 Å². The van der Waals surface area contributed by atoms with Crippen molar-refractivity contribution in [2.75, 3.05) is 13.2 Å². The van der Waals surface area contributed by atoms with Crippen molar-refractivity contribution in [3.63, 3.8) is 0 Å². The summed E-state index contributed by atoms with van der Waals surface area (Å²) in [7, 11) is 0. The molecule has 0 unspecified atom stereocenters. The summed E-state index contributed by atoms with van der Waals surface area (Å²) >= 11 is 0. The van der Waals surface area contributed by atoms with Crippen molar-refractivity contribution >= 4 is 6.08 Å². The fourth-order valence-electron chi connectivity index (χ4n) is 3.05. The molecule has 4 heteroatoms. The van der Waals surface area contributed by atoms with E-state index in [2.05, 4.69) is 35.3 Å². The minimum Gasteiger partial charge on any atom is -0.352 e. The molecule has 0 amide bonds. The highest BCUT2D eigenvalue weighted by atomic mass is 16.7. The fourth-order valence-corrected chi connectivity index (χ4v) is 3.05. The molecule has 132 valence electrons. The molecule has 1 aliphatic rings. The summed E-state index contributed by atoms with van der Waals surface area (Å²) < 4.78 is 11.2. The second kappa shape index (κ2) is 8.13. The second-order valence-electron chi connectivity index (χ2n) is 6.24. The van der Waals surface area contributed by atoms with Crippen molar-refractivity contribution < 1.29 is 9.47 Å². The Labute approximate surface area is 153 Å². The van der Waals surface area contributed by atoms with E-state index in [0.29, 0.717) is 0 Å². The van der Waals surface area contributed by atoms with Crippen LogP contribution in [0.5, 0.6) is 0 Å². The van der Waals surface area contributed by atoms with Gasteiger partial charge in [0.1, 0.15) is 5.82 Å². The number of nitrogens with one attached hydrogen (secondary N) is 1. The summed E-state index contributed by atoms with van der Waals surface area (Å²) in [6.45, 7) is 1.55. The van der Waals surface area contributed by atoms with E-state index in [1.54, 1.807) is 0 Å². The summed E-state index contributed by atoms with van der Waals surface area (Å²) in [6, 6.07) is 20.5. The lowest BCUT2D eigenvalue weighted by atomic mass is 10.1. The Bertz CT molecular complexity index is 793. The lowest BCUT2D eigenvalue weighted by Gasteiger charge is -2.21. The van der Waals surface area contributed by atoms with Gasteiger partial charge in [-0.2, -0.15) is 0 Å². The Hall–Kier alpha value is -2.69.